The summed E-state index contributed by atoms with van der Waals surface area (Å²) in [6.45, 7) is 5.17. The first-order valence-electron chi connectivity index (χ1n) is 5.51. The number of nitrogens with one attached hydrogen (secondary N) is 1. The Labute approximate surface area is 81.1 Å². The van der Waals surface area contributed by atoms with Crippen LogP contribution in [-0.4, -0.2) is 12.5 Å². The molecule has 1 N–H and O–H groups in total. The molecule has 1 saturated carbocycles. The summed E-state index contributed by atoms with van der Waals surface area (Å²) in [4.78, 5) is 11.6. The number of carbonyl (C=O) groups excluding carboxylic acids is 1. The van der Waals surface area contributed by atoms with E-state index in [9.17, 15) is 4.79 Å². The van der Waals surface area contributed by atoms with E-state index in [0.29, 0.717) is 5.92 Å². The van der Waals surface area contributed by atoms with E-state index in [4.69, 9.17) is 0 Å². The minimum atomic E-state index is 0.286. The quantitative estimate of drug-likeness (QED) is 0.715. The molecular formula is C11H21NO. The number of hydrogen-bond donors (Lipinski definition) is 1. The van der Waals surface area contributed by atoms with Crippen LogP contribution in [0.5, 0.6) is 0 Å². The standard InChI is InChI=1S/C11H21NO/c1-3-7-12-11(13)10-6-4-5-9(2)8-10/h9-10H,3-8H2,1-2H3,(H,12,13)/t9-,10?/m1/s1. The van der Waals surface area contributed by atoms with Crippen LogP contribution in [0.15, 0.2) is 0 Å². The molecule has 0 aromatic heterocycles. The summed E-state index contributed by atoms with van der Waals surface area (Å²) in [5.41, 5.74) is 0. The van der Waals surface area contributed by atoms with Crippen LogP contribution in [-0.2, 0) is 4.79 Å². The van der Waals surface area contributed by atoms with Crippen molar-refractivity contribution >= 4 is 5.91 Å². The van der Waals surface area contributed by atoms with Crippen molar-refractivity contribution in [3.8, 4) is 0 Å². The Kier molecular flexibility index (Phi) is 4.26. The van der Waals surface area contributed by atoms with Gasteiger partial charge in [-0.25, -0.2) is 0 Å². The van der Waals surface area contributed by atoms with Crippen LogP contribution in [0.1, 0.15) is 46.0 Å². The second kappa shape index (κ2) is 5.25. The van der Waals surface area contributed by atoms with Gasteiger partial charge < -0.3 is 5.32 Å². The molecule has 1 rings (SSSR count). The molecular weight excluding hydrogens is 162 g/mol. The number of carbonyl (C=O) groups is 1. The molecule has 1 fully saturated rings. The molecule has 0 aromatic rings. The lowest BCUT2D eigenvalue weighted by molar-refractivity contribution is -0.126. The maximum absolute atomic E-state index is 11.6. The van der Waals surface area contributed by atoms with E-state index < -0.39 is 0 Å². The van der Waals surface area contributed by atoms with E-state index in [2.05, 4.69) is 19.2 Å². The maximum atomic E-state index is 11.6. The Morgan fingerprint density at radius 2 is 2.23 bits per heavy atom. The third kappa shape index (κ3) is 3.37. The highest BCUT2D eigenvalue weighted by atomic mass is 16.1. The molecule has 76 valence electrons. The summed E-state index contributed by atoms with van der Waals surface area (Å²) in [5.74, 6) is 1.33. The van der Waals surface area contributed by atoms with Gasteiger partial charge in [0.05, 0.1) is 0 Å². The Morgan fingerprint density at radius 1 is 1.46 bits per heavy atom. The molecule has 0 bridgehead atoms. The molecule has 1 amide bonds. The fourth-order valence-electron chi connectivity index (χ4n) is 2.06. The van der Waals surface area contributed by atoms with Crippen LogP contribution in [0.4, 0.5) is 0 Å². The Morgan fingerprint density at radius 3 is 2.85 bits per heavy atom. The molecule has 0 aliphatic heterocycles. The Balaban J connectivity index is 2.28. The monoisotopic (exact) mass is 183 g/mol. The first kappa shape index (κ1) is 10.6. The van der Waals surface area contributed by atoms with Gasteiger partial charge in [0.25, 0.3) is 0 Å². The van der Waals surface area contributed by atoms with Gasteiger partial charge in [-0.05, 0) is 25.2 Å². The molecule has 0 radical (unpaired) electrons. The number of rotatable bonds is 3. The van der Waals surface area contributed by atoms with Gasteiger partial charge in [0, 0.05) is 12.5 Å². The summed E-state index contributed by atoms with van der Waals surface area (Å²) >= 11 is 0. The van der Waals surface area contributed by atoms with E-state index in [1.54, 1.807) is 0 Å². The fourth-order valence-corrected chi connectivity index (χ4v) is 2.06. The highest BCUT2D eigenvalue weighted by Crippen LogP contribution is 2.28. The van der Waals surface area contributed by atoms with Crippen LogP contribution in [0, 0.1) is 11.8 Å². The van der Waals surface area contributed by atoms with E-state index in [1.165, 1.54) is 12.8 Å². The van der Waals surface area contributed by atoms with Crippen molar-refractivity contribution in [1.82, 2.24) is 5.32 Å². The van der Waals surface area contributed by atoms with Crippen LogP contribution in [0.3, 0.4) is 0 Å². The van der Waals surface area contributed by atoms with Crippen molar-refractivity contribution in [3.63, 3.8) is 0 Å². The SMILES string of the molecule is CCCNC(=O)C1CCC[C@@H](C)C1. The molecule has 0 aromatic carbocycles. The summed E-state index contributed by atoms with van der Waals surface area (Å²) in [5, 5.41) is 2.98. The molecule has 1 aliphatic carbocycles. The minimum absolute atomic E-state index is 0.286. The van der Waals surface area contributed by atoms with Gasteiger partial charge in [-0.15, -0.1) is 0 Å². The second-order valence-electron chi connectivity index (χ2n) is 4.26. The second-order valence-corrected chi connectivity index (χ2v) is 4.26. The molecule has 2 nitrogen and oxygen atoms in total. The molecule has 13 heavy (non-hydrogen) atoms. The minimum Gasteiger partial charge on any atom is -0.356 e. The lowest BCUT2D eigenvalue weighted by Gasteiger charge is -2.25. The molecule has 0 spiro atoms. The van der Waals surface area contributed by atoms with E-state index in [1.807, 2.05) is 0 Å². The topological polar surface area (TPSA) is 29.1 Å². The molecule has 1 aliphatic rings. The Bertz CT molecular complexity index is 167. The summed E-state index contributed by atoms with van der Waals surface area (Å²) in [6.07, 6.45) is 5.76. The average Bonchev–Trinajstić information content (AvgIpc) is 2.14. The van der Waals surface area contributed by atoms with Crippen LogP contribution < -0.4 is 5.32 Å². The molecule has 1 unspecified atom stereocenters. The van der Waals surface area contributed by atoms with Gasteiger partial charge in [0.2, 0.25) is 5.91 Å². The number of amides is 1. The van der Waals surface area contributed by atoms with Crippen molar-refractivity contribution in [3.05, 3.63) is 0 Å². The molecule has 2 heteroatoms. The van der Waals surface area contributed by atoms with E-state index >= 15 is 0 Å². The predicted octanol–water partition coefficient (Wildman–Crippen LogP) is 2.34. The third-order valence-corrected chi connectivity index (χ3v) is 2.86. The summed E-state index contributed by atoms with van der Waals surface area (Å²) in [7, 11) is 0. The van der Waals surface area contributed by atoms with Crippen LogP contribution in [0.25, 0.3) is 0 Å². The highest BCUT2D eigenvalue weighted by Gasteiger charge is 2.24. The van der Waals surface area contributed by atoms with E-state index in [-0.39, 0.29) is 5.91 Å². The average molecular weight is 183 g/mol. The van der Waals surface area contributed by atoms with Crippen molar-refractivity contribution in [2.75, 3.05) is 6.54 Å². The normalized spacial score (nSPS) is 28.5. The first-order valence-corrected chi connectivity index (χ1v) is 5.51. The summed E-state index contributed by atoms with van der Waals surface area (Å²) in [6, 6.07) is 0. The van der Waals surface area contributed by atoms with Crippen molar-refractivity contribution in [2.45, 2.75) is 46.0 Å². The zero-order chi connectivity index (χ0) is 9.68. The van der Waals surface area contributed by atoms with Crippen molar-refractivity contribution in [1.29, 1.82) is 0 Å². The maximum Gasteiger partial charge on any atom is 0.223 e. The third-order valence-electron chi connectivity index (χ3n) is 2.86. The lowest BCUT2D eigenvalue weighted by atomic mass is 9.82. The first-order chi connectivity index (χ1) is 6.24. The molecule has 0 heterocycles. The van der Waals surface area contributed by atoms with Gasteiger partial charge in [-0.2, -0.15) is 0 Å². The smallest absolute Gasteiger partial charge is 0.223 e. The Hall–Kier alpha value is -0.530. The van der Waals surface area contributed by atoms with Gasteiger partial charge in [-0.3, -0.25) is 4.79 Å². The summed E-state index contributed by atoms with van der Waals surface area (Å²) < 4.78 is 0. The van der Waals surface area contributed by atoms with Gasteiger partial charge >= 0.3 is 0 Å². The number of hydrogen-bond acceptors (Lipinski definition) is 1. The lowest BCUT2D eigenvalue weighted by Crippen LogP contribution is -2.33. The van der Waals surface area contributed by atoms with Gasteiger partial charge in [-0.1, -0.05) is 26.7 Å². The van der Waals surface area contributed by atoms with Crippen LogP contribution >= 0.6 is 0 Å². The molecule has 0 saturated heterocycles. The van der Waals surface area contributed by atoms with Crippen molar-refractivity contribution in [2.24, 2.45) is 11.8 Å². The van der Waals surface area contributed by atoms with E-state index in [0.717, 1.165) is 31.7 Å². The molecule has 2 atom stereocenters. The van der Waals surface area contributed by atoms with Crippen LogP contribution in [0.2, 0.25) is 0 Å². The van der Waals surface area contributed by atoms with Gasteiger partial charge in [0.1, 0.15) is 0 Å². The zero-order valence-electron chi connectivity index (χ0n) is 8.81. The fraction of sp³-hybridized carbons (Fsp3) is 0.909. The largest absolute Gasteiger partial charge is 0.356 e. The van der Waals surface area contributed by atoms with Gasteiger partial charge in [0.15, 0.2) is 0 Å². The van der Waals surface area contributed by atoms with Crippen molar-refractivity contribution < 1.29 is 4.79 Å². The zero-order valence-corrected chi connectivity index (χ0v) is 8.81. The predicted molar refractivity (Wildman–Crippen MR) is 54.4 cm³/mol. The highest BCUT2D eigenvalue weighted by molar-refractivity contribution is 5.78.